The van der Waals surface area contributed by atoms with Gasteiger partial charge in [0.25, 0.3) is 0 Å². The van der Waals surface area contributed by atoms with Crippen LogP contribution in [0, 0.1) is 5.82 Å². The predicted octanol–water partition coefficient (Wildman–Crippen LogP) is 4.84. The van der Waals surface area contributed by atoms with Gasteiger partial charge in [-0.25, -0.2) is 12.8 Å². The van der Waals surface area contributed by atoms with Crippen LogP contribution in [-0.2, 0) is 16.4 Å². The van der Waals surface area contributed by atoms with Crippen molar-refractivity contribution in [2.75, 3.05) is 19.5 Å². The normalized spacial score (nSPS) is 11.3. The van der Waals surface area contributed by atoms with Gasteiger partial charge in [0, 0.05) is 18.1 Å². The van der Waals surface area contributed by atoms with E-state index in [-0.39, 0.29) is 9.79 Å². The summed E-state index contributed by atoms with van der Waals surface area (Å²) in [5.41, 5.74) is 1.68. The van der Waals surface area contributed by atoms with Crippen LogP contribution in [0.2, 0.25) is 0 Å². The molecule has 0 amide bonds. The third-order valence-electron chi connectivity index (χ3n) is 5.08. The van der Waals surface area contributed by atoms with Crippen molar-refractivity contribution in [1.29, 1.82) is 0 Å². The summed E-state index contributed by atoms with van der Waals surface area (Å²) < 4.78 is 51.2. The zero-order valence-electron chi connectivity index (χ0n) is 17.5. The van der Waals surface area contributed by atoms with E-state index in [2.05, 4.69) is 10.3 Å². The molecule has 0 bridgehead atoms. The molecule has 0 aliphatic heterocycles. The molecule has 0 spiro atoms. The number of sulfone groups is 1. The van der Waals surface area contributed by atoms with Crippen molar-refractivity contribution in [3.05, 3.63) is 84.3 Å². The molecule has 0 radical (unpaired) electrons. The van der Waals surface area contributed by atoms with Crippen molar-refractivity contribution >= 4 is 26.4 Å². The third kappa shape index (κ3) is 4.22. The predicted molar refractivity (Wildman–Crippen MR) is 120 cm³/mol. The zero-order chi connectivity index (χ0) is 22.7. The average molecular weight is 453 g/mol. The summed E-state index contributed by atoms with van der Waals surface area (Å²) in [5.74, 6) is 0.777. The summed E-state index contributed by atoms with van der Waals surface area (Å²) in [6.07, 6.45) is 1.30. The van der Waals surface area contributed by atoms with Gasteiger partial charge >= 0.3 is 0 Å². The number of hydrogen-bond donors (Lipinski definition) is 1. The van der Waals surface area contributed by atoms with E-state index in [1.54, 1.807) is 19.2 Å². The lowest BCUT2D eigenvalue weighted by molar-refractivity contribution is 0.414. The van der Waals surface area contributed by atoms with E-state index in [1.165, 1.54) is 43.6 Å². The maximum Gasteiger partial charge on any atom is 0.210 e. The van der Waals surface area contributed by atoms with Crippen LogP contribution in [0.25, 0.3) is 10.9 Å². The molecule has 0 fully saturated rings. The number of halogens is 1. The monoisotopic (exact) mass is 452 g/mol. The lowest BCUT2D eigenvalue weighted by Crippen LogP contribution is -2.10. The van der Waals surface area contributed by atoms with Crippen molar-refractivity contribution in [1.82, 2.24) is 4.98 Å². The summed E-state index contributed by atoms with van der Waals surface area (Å²) in [5, 5.41) is 3.57. The van der Waals surface area contributed by atoms with E-state index < -0.39 is 15.7 Å². The Hall–Kier alpha value is -3.65. The van der Waals surface area contributed by atoms with Gasteiger partial charge in [-0.05, 0) is 60.2 Å². The van der Waals surface area contributed by atoms with Crippen LogP contribution in [0.3, 0.4) is 0 Å². The average Bonchev–Trinajstić information content (AvgIpc) is 2.82. The third-order valence-corrected chi connectivity index (χ3v) is 6.86. The van der Waals surface area contributed by atoms with Gasteiger partial charge in [-0.3, -0.25) is 4.98 Å². The molecule has 1 aromatic heterocycles. The first-order valence-corrected chi connectivity index (χ1v) is 11.2. The summed E-state index contributed by atoms with van der Waals surface area (Å²) in [7, 11) is -0.846. The minimum absolute atomic E-state index is 0.0331. The van der Waals surface area contributed by atoms with Crippen molar-refractivity contribution in [3.8, 4) is 11.5 Å². The number of benzene rings is 3. The molecule has 0 saturated heterocycles. The highest BCUT2D eigenvalue weighted by Gasteiger charge is 2.24. The molecule has 32 heavy (non-hydrogen) atoms. The minimum atomic E-state index is -3.94. The largest absolute Gasteiger partial charge is 0.497 e. The molecule has 0 aliphatic carbocycles. The molecule has 0 aliphatic rings. The summed E-state index contributed by atoms with van der Waals surface area (Å²) >= 11 is 0. The number of pyridine rings is 1. The molecule has 3 aromatic carbocycles. The zero-order valence-corrected chi connectivity index (χ0v) is 18.3. The number of nitrogens with one attached hydrogen (secondary N) is 1. The van der Waals surface area contributed by atoms with Crippen LogP contribution < -0.4 is 14.8 Å². The second kappa shape index (κ2) is 8.84. The standard InChI is InChI=1S/C24H21FN2O4S/c1-30-18-6-3-16(4-7-18)14-27-24-21-13-17(25)5-12-22(21)26-15-23(24)32(28,29)20-10-8-19(31-2)9-11-20/h3-13,15H,14H2,1-2H3,(H,26,27). The van der Waals surface area contributed by atoms with Gasteiger partial charge in [0.15, 0.2) is 0 Å². The van der Waals surface area contributed by atoms with Crippen LogP contribution in [0.5, 0.6) is 11.5 Å². The maximum absolute atomic E-state index is 14.1. The highest BCUT2D eigenvalue weighted by Crippen LogP contribution is 2.34. The number of nitrogens with zero attached hydrogens (tertiary/aromatic N) is 1. The lowest BCUT2D eigenvalue weighted by atomic mass is 10.1. The van der Waals surface area contributed by atoms with E-state index >= 15 is 0 Å². The fourth-order valence-electron chi connectivity index (χ4n) is 3.35. The smallest absolute Gasteiger partial charge is 0.210 e. The van der Waals surface area contributed by atoms with Crippen LogP contribution in [0.1, 0.15) is 5.56 Å². The fourth-order valence-corrected chi connectivity index (χ4v) is 4.74. The van der Waals surface area contributed by atoms with Gasteiger partial charge in [-0.1, -0.05) is 12.1 Å². The van der Waals surface area contributed by atoms with E-state index in [9.17, 15) is 12.8 Å². The molecular weight excluding hydrogens is 431 g/mol. The van der Waals surface area contributed by atoms with Crippen LogP contribution in [0.4, 0.5) is 10.1 Å². The van der Waals surface area contributed by atoms with E-state index in [0.717, 1.165) is 5.56 Å². The number of methoxy groups -OCH3 is 2. The molecular formula is C24H21FN2O4S. The van der Waals surface area contributed by atoms with Crippen LogP contribution in [-0.4, -0.2) is 27.6 Å². The summed E-state index contributed by atoms with van der Waals surface area (Å²) in [4.78, 5) is 4.31. The molecule has 0 atom stereocenters. The quantitative estimate of drug-likeness (QED) is 0.433. The Balaban J connectivity index is 1.80. The first-order valence-electron chi connectivity index (χ1n) is 9.76. The maximum atomic E-state index is 14.1. The molecule has 1 heterocycles. The Morgan fingerprint density at radius 3 is 2.16 bits per heavy atom. The van der Waals surface area contributed by atoms with E-state index in [1.807, 2.05) is 24.3 Å². The fraction of sp³-hybridized carbons (Fsp3) is 0.125. The molecule has 4 aromatic rings. The minimum Gasteiger partial charge on any atom is -0.497 e. The first-order chi connectivity index (χ1) is 15.4. The van der Waals surface area contributed by atoms with Gasteiger partial charge < -0.3 is 14.8 Å². The highest BCUT2D eigenvalue weighted by molar-refractivity contribution is 7.91. The van der Waals surface area contributed by atoms with Crippen molar-refractivity contribution < 1.29 is 22.3 Å². The highest BCUT2D eigenvalue weighted by atomic mass is 32.2. The molecule has 164 valence electrons. The van der Waals surface area contributed by atoms with Gasteiger partial charge in [0.1, 0.15) is 22.2 Å². The Labute approximate surface area is 185 Å². The SMILES string of the molecule is COc1ccc(CNc2c(S(=O)(=O)c3ccc(OC)cc3)cnc3ccc(F)cc23)cc1. The molecule has 4 rings (SSSR count). The number of rotatable bonds is 7. The lowest BCUT2D eigenvalue weighted by Gasteiger charge is -2.16. The number of aromatic nitrogens is 1. The van der Waals surface area contributed by atoms with Crippen molar-refractivity contribution in [2.24, 2.45) is 0 Å². The summed E-state index contributed by atoms with van der Waals surface area (Å²) in [6.45, 7) is 0.324. The topological polar surface area (TPSA) is 77.5 Å². The van der Waals surface area contributed by atoms with Crippen LogP contribution in [0.15, 0.2) is 82.7 Å². The first kappa shape index (κ1) is 21.6. The van der Waals surface area contributed by atoms with Gasteiger partial charge in [0.2, 0.25) is 9.84 Å². The number of ether oxygens (including phenoxy) is 2. The number of hydrogen-bond acceptors (Lipinski definition) is 6. The molecule has 0 unspecified atom stereocenters. The Bertz CT molecular complexity index is 1360. The van der Waals surface area contributed by atoms with Crippen LogP contribution >= 0.6 is 0 Å². The van der Waals surface area contributed by atoms with E-state index in [0.29, 0.717) is 34.6 Å². The van der Waals surface area contributed by atoms with Crippen molar-refractivity contribution in [3.63, 3.8) is 0 Å². The van der Waals surface area contributed by atoms with Gasteiger partial charge in [-0.2, -0.15) is 0 Å². The second-order valence-electron chi connectivity index (χ2n) is 7.04. The second-order valence-corrected chi connectivity index (χ2v) is 8.96. The molecule has 6 nitrogen and oxygen atoms in total. The Morgan fingerprint density at radius 2 is 1.53 bits per heavy atom. The van der Waals surface area contributed by atoms with Gasteiger partial charge in [0.05, 0.1) is 30.3 Å². The van der Waals surface area contributed by atoms with Crippen molar-refractivity contribution in [2.45, 2.75) is 16.3 Å². The Morgan fingerprint density at radius 1 is 0.906 bits per heavy atom. The molecule has 8 heteroatoms. The molecule has 1 N–H and O–H groups in total. The van der Waals surface area contributed by atoms with E-state index in [4.69, 9.17) is 9.47 Å². The summed E-state index contributed by atoms with van der Waals surface area (Å²) in [6, 6.07) is 17.6. The number of fused-ring (bicyclic) bond motifs is 1. The van der Waals surface area contributed by atoms with Gasteiger partial charge in [-0.15, -0.1) is 0 Å². The number of anilines is 1. The Kier molecular flexibility index (Phi) is 5.96. The molecule has 0 saturated carbocycles.